The Hall–Kier alpha value is 0. The van der Waals surface area contributed by atoms with Crippen molar-refractivity contribution in [1.29, 1.82) is 0 Å². The van der Waals surface area contributed by atoms with Crippen molar-refractivity contribution in [1.82, 2.24) is 0 Å². The van der Waals surface area contributed by atoms with Crippen molar-refractivity contribution in [2.75, 3.05) is 0 Å². The topological polar surface area (TPSA) is 0 Å². The number of rotatable bonds is 0. The minimum Gasteiger partial charge on any atom is -0.0599 e. The maximum absolute atomic E-state index is 2.57. The summed E-state index contributed by atoms with van der Waals surface area (Å²) in [4.78, 5) is 0. The van der Waals surface area contributed by atoms with Crippen molar-refractivity contribution < 1.29 is 0 Å². The summed E-state index contributed by atoms with van der Waals surface area (Å²) in [6.45, 7) is 59.1. The van der Waals surface area contributed by atoms with Crippen LogP contribution in [0.1, 0.15) is 519 Å². The van der Waals surface area contributed by atoms with E-state index < -0.39 is 0 Å². The van der Waals surface area contributed by atoms with Gasteiger partial charge in [-0.1, -0.05) is 275 Å². The summed E-state index contributed by atoms with van der Waals surface area (Å²) < 4.78 is 0. The Balaban J connectivity index is 0.000000107. The Morgan fingerprint density at radius 2 is 0.530 bits per heavy atom. The van der Waals surface area contributed by atoms with Crippen LogP contribution in [0.5, 0.6) is 0 Å². The molecular weight excluding hydrogens is 1410 g/mol. The van der Waals surface area contributed by atoms with Crippen molar-refractivity contribution in [2.45, 2.75) is 519 Å². The van der Waals surface area contributed by atoms with Gasteiger partial charge in [-0.15, -0.1) is 0 Å². The van der Waals surface area contributed by atoms with Crippen LogP contribution in [0.2, 0.25) is 0 Å². The maximum atomic E-state index is 2.57. The quantitative estimate of drug-likeness (QED) is 0.168. The molecule has 28 aliphatic rings. The van der Waals surface area contributed by atoms with Crippen LogP contribution in [0.3, 0.4) is 0 Å². The van der Waals surface area contributed by atoms with Gasteiger partial charge >= 0.3 is 0 Å². The second kappa shape index (κ2) is 36.5. The molecule has 0 radical (unpaired) electrons. The molecule has 0 nitrogen and oxygen atoms in total. The molecule has 0 heteroatoms. The van der Waals surface area contributed by atoms with E-state index in [1.807, 2.05) is 0 Å². The third kappa shape index (κ3) is 21.5. The predicted molar refractivity (Wildman–Crippen MR) is 510 cm³/mol. The van der Waals surface area contributed by atoms with Crippen molar-refractivity contribution in [3.05, 3.63) is 0 Å². The van der Waals surface area contributed by atoms with E-state index in [2.05, 4.69) is 166 Å². The zero-order valence-electron chi connectivity index (χ0n) is 83.9. The van der Waals surface area contributed by atoms with Gasteiger partial charge in [0.2, 0.25) is 0 Å². The molecule has 18 atom stereocenters. The second-order valence-corrected chi connectivity index (χ2v) is 58.0. The smallest absolute Gasteiger partial charge is 0.0292 e. The highest BCUT2D eigenvalue weighted by molar-refractivity contribution is 5.15. The lowest BCUT2D eigenvalue weighted by Crippen LogP contribution is -2.57. The molecule has 676 valence electrons. The zero-order valence-corrected chi connectivity index (χ0v) is 83.9. The highest BCUT2D eigenvalue weighted by Crippen LogP contribution is 2.73. The largest absolute Gasteiger partial charge is 0.0599 e. The fourth-order valence-corrected chi connectivity index (χ4v) is 37.7. The minimum atomic E-state index is 0.645. The van der Waals surface area contributed by atoms with Gasteiger partial charge in [0.25, 0.3) is 0 Å². The highest BCUT2D eigenvalue weighted by Gasteiger charge is 2.65. The summed E-state index contributed by atoms with van der Waals surface area (Å²) in [6.07, 6.45) is 83.6. The van der Waals surface area contributed by atoms with Crippen molar-refractivity contribution in [3.8, 4) is 0 Å². The number of fused-ring (bicyclic) bond motifs is 25. The van der Waals surface area contributed by atoms with Gasteiger partial charge in [0.15, 0.2) is 0 Å². The standard InChI is InChI=1S/C16H26.C14H22.C12H20.C11H18.C11H20.C10H18.C10H20.C9H16.C9H18.C8H16.C7H14/c1-16(2)9-12-7-8-13(16)15-11-5-3-10(4-6-11)14(12)15;1-14(2)7-10-6-11(14)13-9-4-3-8(5-9)12(10)13;1-12(2)10-4-8-3-9(6-10)7-11(12)5-8;1-11(2)6-7-5-10(11)9-4-3-8(7)9;1-10(2)7-8-5-6-9(10)11(8,3)4;1-10(2)7-8-3-5-9(10)6-4-8;1-10(2)8-6-4-3-5-7-9-10;1-9(2)6-7-3-4-8(9)5-7;1-9(2)7-5-3-4-6-8-9;1-8(2)6-4-3-5-7-8;1-7(2)5-3-4-6-7/h10-15H,3-9H2,1-2H3;8-13H,3-7H2,1-2H3;8-11H,3-7H2,1-2H3;7-10H,3-6H2,1-2H3;8-9H,5-7H2,1-4H3;8-9H,3-7H2,1-2H3;3-9H2,1-2H3;7-8H,3-6H2,1-2H3;3-8H2,1-2H3;3-7H2,1-2H3;3-6H2,1-2H3. The summed E-state index contributed by atoms with van der Waals surface area (Å²) in [5, 5.41) is 0. The van der Waals surface area contributed by atoms with Gasteiger partial charge in [0.05, 0.1) is 0 Å². The Morgan fingerprint density at radius 3 is 0.897 bits per heavy atom. The van der Waals surface area contributed by atoms with E-state index in [1.54, 1.807) is 141 Å². The molecule has 0 saturated heterocycles. The van der Waals surface area contributed by atoms with Crippen LogP contribution in [0, 0.1) is 219 Å². The maximum Gasteiger partial charge on any atom is -0.0292 e. The molecule has 18 unspecified atom stereocenters. The molecule has 117 heavy (non-hydrogen) atoms. The van der Waals surface area contributed by atoms with Crippen LogP contribution in [-0.4, -0.2) is 0 Å². The van der Waals surface area contributed by atoms with Gasteiger partial charge in [-0.05, 0) is 463 Å². The monoisotopic (exact) mass is 1610 g/mol. The molecule has 0 aromatic heterocycles. The van der Waals surface area contributed by atoms with Crippen molar-refractivity contribution >= 4 is 0 Å². The number of hydrogen-bond donors (Lipinski definition) is 0. The van der Waals surface area contributed by atoms with Crippen LogP contribution in [0.15, 0.2) is 0 Å². The van der Waals surface area contributed by atoms with Gasteiger partial charge in [0.1, 0.15) is 0 Å². The van der Waals surface area contributed by atoms with Crippen LogP contribution < -0.4 is 0 Å². The second-order valence-electron chi connectivity index (χ2n) is 58.0. The molecule has 0 aromatic rings. The Morgan fingerprint density at radius 1 is 0.171 bits per heavy atom. The third-order valence-electron chi connectivity index (χ3n) is 44.5. The molecule has 0 spiro atoms. The van der Waals surface area contributed by atoms with Crippen LogP contribution >= 0.6 is 0 Å². The highest BCUT2D eigenvalue weighted by atomic mass is 14.7. The third-order valence-corrected chi connectivity index (χ3v) is 44.5. The fraction of sp³-hybridized carbons (Fsp3) is 1.00. The van der Waals surface area contributed by atoms with Gasteiger partial charge in [-0.25, -0.2) is 0 Å². The van der Waals surface area contributed by atoms with E-state index in [-0.39, 0.29) is 0 Å². The lowest BCUT2D eigenvalue weighted by Gasteiger charge is -2.65. The van der Waals surface area contributed by atoms with E-state index in [1.165, 1.54) is 253 Å². The summed E-state index contributed by atoms with van der Waals surface area (Å²) >= 11 is 0. The van der Waals surface area contributed by atoms with E-state index in [9.17, 15) is 0 Å². The molecule has 28 rings (SSSR count). The predicted octanol–water partition coefficient (Wildman–Crippen LogP) is 37.0. The number of hydrogen-bond acceptors (Lipinski definition) is 0. The summed E-state index contributed by atoms with van der Waals surface area (Å²) in [5.74, 6) is 29.3. The van der Waals surface area contributed by atoms with Gasteiger partial charge in [-0.2, -0.15) is 0 Å². The molecule has 0 aliphatic heterocycles. The van der Waals surface area contributed by atoms with E-state index in [4.69, 9.17) is 0 Å². The van der Waals surface area contributed by atoms with Gasteiger partial charge < -0.3 is 0 Å². The molecule has 20 bridgehead atoms. The Labute approximate surface area is 733 Å². The Bertz CT molecular complexity index is 3010. The van der Waals surface area contributed by atoms with Crippen LogP contribution in [-0.2, 0) is 0 Å². The first-order chi connectivity index (χ1) is 54.8. The normalized spacial score (nSPS) is 45.7. The van der Waals surface area contributed by atoms with E-state index in [0.29, 0.717) is 65.0 Å². The lowest BCUT2D eigenvalue weighted by molar-refractivity contribution is -0.157. The molecule has 0 heterocycles. The molecular formula is C117H208. The van der Waals surface area contributed by atoms with Crippen molar-refractivity contribution in [2.24, 2.45) is 219 Å². The summed E-state index contributed by atoms with van der Waals surface area (Å²) in [6, 6.07) is 0. The fourth-order valence-electron chi connectivity index (χ4n) is 37.7. The van der Waals surface area contributed by atoms with Crippen molar-refractivity contribution in [3.63, 3.8) is 0 Å². The SMILES string of the molecule is CC1(C)C2CC3CC(C2)CC1C3.CC1(C)CC2CC1C1C3CCC(C3)C21.CC1(C)CC2CC1C1CCC21.CC1(C)CC2CCC1C1C3CCC(CC3)C21.CC1(C)CC2CCC1C2.CC1(C)CC2CCC1C2(C)C.CC1(C)CC2CCC1CC2.CC1(C)CCCC1.CC1(C)CCCCC1.CC1(C)CCCCCC1.CC1(C)CCCCCCC1. The first kappa shape index (κ1) is 93.2. The molecule has 0 N–H and O–H groups in total. The summed E-state index contributed by atoms with van der Waals surface area (Å²) in [5.41, 5.74) is 8.20. The average Bonchev–Trinajstić information content (AvgIpc) is 1.64. The lowest BCUT2D eigenvalue weighted by atomic mass is 9.40. The Kier molecular flexibility index (Phi) is 29.1. The molecule has 28 saturated carbocycles. The average molecular weight is 1610 g/mol. The van der Waals surface area contributed by atoms with Crippen LogP contribution in [0.4, 0.5) is 0 Å². The molecule has 0 aromatic carbocycles. The van der Waals surface area contributed by atoms with Crippen LogP contribution in [0.25, 0.3) is 0 Å². The van der Waals surface area contributed by atoms with E-state index in [0.717, 1.165) is 112 Å². The molecule has 28 aliphatic carbocycles. The summed E-state index contributed by atoms with van der Waals surface area (Å²) in [7, 11) is 0. The molecule has 28 fully saturated rings. The first-order valence-electron chi connectivity index (χ1n) is 54.8. The minimum absolute atomic E-state index is 0.645. The van der Waals surface area contributed by atoms with Gasteiger partial charge in [-0.3, -0.25) is 0 Å². The zero-order chi connectivity index (χ0) is 83.9. The van der Waals surface area contributed by atoms with Gasteiger partial charge in [0, 0.05) is 0 Å². The first-order valence-corrected chi connectivity index (χ1v) is 54.8. The van der Waals surface area contributed by atoms with E-state index >= 15 is 0 Å². The molecule has 0 amide bonds.